The van der Waals surface area contributed by atoms with E-state index < -0.39 is 0 Å². The van der Waals surface area contributed by atoms with Crippen molar-refractivity contribution in [3.05, 3.63) is 23.9 Å². The first-order valence-corrected chi connectivity index (χ1v) is 8.16. The first-order chi connectivity index (χ1) is 11.0. The van der Waals surface area contributed by atoms with Gasteiger partial charge >= 0.3 is 6.01 Å². The molecule has 0 atom stereocenters. The predicted octanol–water partition coefficient (Wildman–Crippen LogP) is 1.97. The van der Waals surface area contributed by atoms with Gasteiger partial charge in [0.1, 0.15) is 5.82 Å². The molecule has 6 heteroatoms. The topological polar surface area (TPSA) is 58.6 Å². The van der Waals surface area contributed by atoms with E-state index in [1.807, 2.05) is 25.7 Å². The first kappa shape index (κ1) is 17.2. The summed E-state index contributed by atoms with van der Waals surface area (Å²) in [5, 5.41) is 0. The zero-order valence-electron chi connectivity index (χ0n) is 14.5. The molecule has 1 aliphatic rings. The number of nitrogens with zero attached hydrogens (tertiary/aromatic N) is 4. The van der Waals surface area contributed by atoms with Gasteiger partial charge in [0.05, 0.1) is 6.10 Å². The van der Waals surface area contributed by atoms with Gasteiger partial charge in [-0.15, -0.1) is 0 Å². The number of aromatic nitrogens is 2. The Bertz CT molecular complexity index is 578. The molecule has 0 N–H and O–H groups in total. The van der Waals surface area contributed by atoms with Crippen molar-refractivity contribution >= 4 is 11.7 Å². The molecule has 1 aromatic rings. The minimum absolute atomic E-state index is 0.0111. The largest absolute Gasteiger partial charge is 0.461 e. The van der Waals surface area contributed by atoms with E-state index >= 15 is 0 Å². The van der Waals surface area contributed by atoms with Crippen molar-refractivity contribution in [2.75, 3.05) is 31.1 Å². The fourth-order valence-corrected chi connectivity index (χ4v) is 2.76. The summed E-state index contributed by atoms with van der Waals surface area (Å²) in [7, 11) is 0. The summed E-state index contributed by atoms with van der Waals surface area (Å²) in [4.78, 5) is 24.8. The van der Waals surface area contributed by atoms with E-state index in [1.54, 1.807) is 0 Å². The molecule has 126 valence electrons. The molecule has 0 aliphatic carbocycles. The maximum atomic E-state index is 11.7. The highest BCUT2D eigenvalue weighted by Gasteiger charge is 2.23. The quantitative estimate of drug-likeness (QED) is 0.777. The van der Waals surface area contributed by atoms with Gasteiger partial charge in [0.2, 0.25) is 5.91 Å². The van der Waals surface area contributed by atoms with Crippen LogP contribution in [0.15, 0.2) is 12.7 Å². The highest BCUT2D eigenvalue weighted by atomic mass is 16.5. The molecule has 23 heavy (non-hydrogen) atoms. The smallest absolute Gasteiger partial charge is 0.318 e. The maximum Gasteiger partial charge on any atom is 0.318 e. The van der Waals surface area contributed by atoms with Gasteiger partial charge < -0.3 is 14.5 Å². The number of amides is 1. The van der Waals surface area contributed by atoms with E-state index in [4.69, 9.17) is 4.74 Å². The van der Waals surface area contributed by atoms with Crippen LogP contribution in [-0.2, 0) is 11.2 Å². The number of aryl methyl sites for hydroxylation is 1. The Balaban J connectivity index is 2.22. The highest BCUT2D eigenvalue weighted by molar-refractivity contribution is 5.87. The van der Waals surface area contributed by atoms with Crippen molar-refractivity contribution in [3.63, 3.8) is 0 Å². The lowest BCUT2D eigenvalue weighted by atomic mass is 10.1. The summed E-state index contributed by atoms with van der Waals surface area (Å²) < 4.78 is 5.68. The standard InChI is InChI=1S/C17H26N4O2/c1-6-14-13(5)18-17(23-12(3)4)19-16(14)21-10-8-20(9-11-21)15(22)7-2/h7,12H,2,6,8-11H2,1,3-5H3. The zero-order valence-corrected chi connectivity index (χ0v) is 14.5. The van der Waals surface area contributed by atoms with Crippen LogP contribution in [0.25, 0.3) is 0 Å². The molecule has 0 radical (unpaired) electrons. The molecule has 1 fully saturated rings. The SMILES string of the molecule is C=CC(=O)N1CCN(c2nc(OC(C)C)nc(C)c2CC)CC1. The Morgan fingerprint density at radius 2 is 1.96 bits per heavy atom. The van der Waals surface area contributed by atoms with Crippen LogP contribution in [0.5, 0.6) is 6.01 Å². The number of carbonyl (C=O) groups excluding carboxylic acids is 1. The summed E-state index contributed by atoms with van der Waals surface area (Å²) in [6.07, 6.45) is 2.28. The van der Waals surface area contributed by atoms with Crippen LogP contribution in [-0.4, -0.2) is 53.1 Å². The van der Waals surface area contributed by atoms with Gasteiger partial charge in [-0.2, -0.15) is 4.98 Å². The lowest BCUT2D eigenvalue weighted by Crippen LogP contribution is -2.48. The lowest BCUT2D eigenvalue weighted by Gasteiger charge is -2.36. The fourth-order valence-electron chi connectivity index (χ4n) is 2.76. The third kappa shape index (κ3) is 4.00. The molecule has 0 unspecified atom stereocenters. The molecule has 6 nitrogen and oxygen atoms in total. The predicted molar refractivity (Wildman–Crippen MR) is 90.9 cm³/mol. The molecule has 2 rings (SSSR count). The fraction of sp³-hybridized carbons (Fsp3) is 0.588. The average Bonchev–Trinajstić information content (AvgIpc) is 2.53. The van der Waals surface area contributed by atoms with E-state index in [0.29, 0.717) is 19.1 Å². The Morgan fingerprint density at radius 3 is 2.48 bits per heavy atom. The number of hydrogen-bond donors (Lipinski definition) is 0. The van der Waals surface area contributed by atoms with E-state index in [9.17, 15) is 4.79 Å². The van der Waals surface area contributed by atoms with Crippen molar-refractivity contribution in [1.82, 2.24) is 14.9 Å². The van der Waals surface area contributed by atoms with Crippen molar-refractivity contribution in [3.8, 4) is 6.01 Å². The summed E-state index contributed by atoms with van der Waals surface area (Å²) in [6, 6.07) is 0.425. The second-order valence-corrected chi connectivity index (χ2v) is 5.93. The van der Waals surface area contributed by atoms with Crippen LogP contribution in [0.4, 0.5) is 5.82 Å². The summed E-state index contributed by atoms with van der Waals surface area (Å²) in [5.74, 6) is 0.921. The number of anilines is 1. The molecule has 1 aromatic heterocycles. The molecule has 1 aliphatic heterocycles. The summed E-state index contributed by atoms with van der Waals surface area (Å²) >= 11 is 0. The van der Waals surface area contributed by atoms with E-state index in [1.165, 1.54) is 6.08 Å². The molecule has 1 amide bonds. The number of carbonyl (C=O) groups is 1. The Labute approximate surface area is 138 Å². The van der Waals surface area contributed by atoms with Crippen LogP contribution >= 0.6 is 0 Å². The van der Waals surface area contributed by atoms with Crippen LogP contribution in [0, 0.1) is 6.92 Å². The molecular weight excluding hydrogens is 292 g/mol. The molecule has 0 bridgehead atoms. The summed E-state index contributed by atoms with van der Waals surface area (Å²) in [5.41, 5.74) is 2.10. The minimum Gasteiger partial charge on any atom is -0.461 e. The number of ether oxygens (including phenoxy) is 1. The van der Waals surface area contributed by atoms with Crippen molar-refractivity contribution in [2.24, 2.45) is 0 Å². The number of piperazine rings is 1. The van der Waals surface area contributed by atoms with Crippen molar-refractivity contribution < 1.29 is 9.53 Å². The van der Waals surface area contributed by atoms with Crippen LogP contribution in [0.3, 0.4) is 0 Å². The van der Waals surface area contributed by atoms with Crippen molar-refractivity contribution in [2.45, 2.75) is 40.2 Å². The number of hydrogen-bond acceptors (Lipinski definition) is 5. The Hall–Kier alpha value is -2.11. The second-order valence-electron chi connectivity index (χ2n) is 5.93. The third-order valence-corrected chi connectivity index (χ3v) is 3.93. The normalized spacial score (nSPS) is 15.0. The van der Waals surface area contributed by atoms with Gasteiger partial charge in [-0.05, 0) is 33.3 Å². The molecule has 0 aromatic carbocycles. The van der Waals surface area contributed by atoms with Crippen LogP contribution in [0.1, 0.15) is 32.0 Å². The van der Waals surface area contributed by atoms with E-state index in [0.717, 1.165) is 36.6 Å². The van der Waals surface area contributed by atoms with Gasteiger partial charge in [-0.25, -0.2) is 4.98 Å². The van der Waals surface area contributed by atoms with Gasteiger partial charge in [0.25, 0.3) is 0 Å². The maximum absolute atomic E-state index is 11.7. The number of rotatable bonds is 5. The minimum atomic E-state index is -0.0111. The molecule has 0 saturated carbocycles. The van der Waals surface area contributed by atoms with E-state index in [-0.39, 0.29) is 12.0 Å². The highest BCUT2D eigenvalue weighted by Crippen LogP contribution is 2.25. The molecular formula is C17H26N4O2. The zero-order chi connectivity index (χ0) is 17.0. The van der Waals surface area contributed by atoms with Gasteiger partial charge in [0, 0.05) is 37.4 Å². The second kappa shape index (κ2) is 7.44. The third-order valence-electron chi connectivity index (χ3n) is 3.93. The Kier molecular flexibility index (Phi) is 5.58. The Morgan fingerprint density at radius 1 is 1.30 bits per heavy atom. The lowest BCUT2D eigenvalue weighted by molar-refractivity contribution is -0.126. The van der Waals surface area contributed by atoms with Crippen LogP contribution in [0.2, 0.25) is 0 Å². The van der Waals surface area contributed by atoms with Crippen LogP contribution < -0.4 is 9.64 Å². The summed E-state index contributed by atoms with van der Waals surface area (Å²) in [6.45, 7) is 14.4. The van der Waals surface area contributed by atoms with E-state index in [2.05, 4.69) is 28.4 Å². The molecule has 2 heterocycles. The van der Waals surface area contributed by atoms with Gasteiger partial charge in [0.15, 0.2) is 0 Å². The average molecular weight is 318 g/mol. The molecule has 1 saturated heterocycles. The van der Waals surface area contributed by atoms with Gasteiger partial charge in [-0.1, -0.05) is 13.5 Å². The monoisotopic (exact) mass is 318 g/mol. The first-order valence-electron chi connectivity index (χ1n) is 8.16. The van der Waals surface area contributed by atoms with Gasteiger partial charge in [-0.3, -0.25) is 4.79 Å². The molecule has 0 spiro atoms. The van der Waals surface area contributed by atoms with Crippen molar-refractivity contribution in [1.29, 1.82) is 0 Å².